The van der Waals surface area contributed by atoms with Gasteiger partial charge in [0, 0.05) is 38.4 Å². The van der Waals surface area contributed by atoms with Crippen molar-refractivity contribution in [2.75, 3.05) is 32.8 Å². The summed E-state index contributed by atoms with van der Waals surface area (Å²) in [5, 5.41) is 3.40. The lowest BCUT2D eigenvalue weighted by molar-refractivity contribution is 0.0223. The van der Waals surface area contributed by atoms with Gasteiger partial charge in [-0.25, -0.2) is 4.98 Å². The van der Waals surface area contributed by atoms with E-state index in [0.29, 0.717) is 5.88 Å². The van der Waals surface area contributed by atoms with Gasteiger partial charge in [-0.1, -0.05) is 6.07 Å². The van der Waals surface area contributed by atoms with Crippen LogP contribution in [-0.2, 0) is 4.74 Å². The van der Waals surface area contributed by atoms with E-state index in [1.807, 2.05) is 18.2 Å². The molecule has 0 bridgehead atoms. The van der Waals surface area contributed by atoms with Crippen LogP contribution in [0.1, 0.15) is 32.6 Å². The standard InChI is InChI=1S/C18H28N4O2.HI/c1-2-19-18(21-13-15-7-4-6-12-23-15)22-11-9-16(14-22)24-17-8-3-5-10-20-17;/h3,5,8,10,15-16H,2,4,6-7,9,11-14H2,1H3,(H,19,21);1H. The van der Waals surface area contributed by atoms with Crippen LogP contribution < -0.4 is 10.1 Å². The molecule has 0 spiro atoms. The Morgan fingerprint density at radius 1 is 1.40 bits per heavy atom. The van der Waals surface area contributed by atoms with E-state index in [4.69, 9.17) is 14.5 Å². The third kappa shape index (κ3) is 6.29. The van der Waals surface area contributed by atoms with Gasteiger partial charge in [0.05, 0.1) is 19.2 Å². The largest absolute Gasteiger partial charge is 0.472 e. The van der Waals surface area contributed by atoms with E-state index < -0.39 is 0 Å². The molecule has 7 heteroatoms. The molecule has 140 valence electrons. The molecule has 25 heavy (non-hydrogen) atoms. The van der Waals surface area contributed by atoms with Crippen LogP contribution in [0.25, 0.3) is 0 Å². The van der Waals surface area contributed by atoms with Crippen molar-refractivity contribution in [1.29, 1.82) is 0 Å². The number of hydrogen-bond acceptors (Lipinski definition) is 4. The van der Waals surface area contributed by atoms with Crippen molar-refractivity contribution < 1.29 is 9.47 Å². The summed E-state index contributed by atoms with van der Waals surface area (Å²) in [6, 6.07) is 5.75. The monoisotopic (exact) mass is 460 g/mol. The third-order valence-electron chi connectivity index (χ3n) is 4.42. The maximum atomic E-state index is 5.97. The molecule has 1 aromatic rings. The molecule has 0 aliphatic carbocycles. The Kier molecular flexibility index (Phi) is 8.74. The number of hydrogen-bond donors (Lipinski definition) is 1. The number of rotatable bonds is 5. The smallest absolute Gasteiger partial charge is 0.213 e. The Balaban J connectivity index is 0.00000225. The normalized spacial score (nSPS) is 23.9. The van der Waals surface area contributed by atoms with Crippen LogP contribution in [0.4, 0.5) is 0 Å². The average Bonchev–Trinajstić information content (AvgIpc) is 3.09. The first kappa shape index (κ1) is 20.2. The molecular formula is C18H29IN4O2. The third-order valence-corrected chi connectivity index (χ3v) is 4.42. The number of pyridine rings is 1. The summed E-state index contributed by atoms with van der Waals surface area (Å²) in [4.78, 5) is 11.3. The number of guanidine groups is 1. The fourth-order valence-corrected chi connectivity index (χ4v) is 3.17. The summed E-state index contributed by atoms with van der Waals surface area (Å²) in [5.74, 6) is 1.67. The predicted octanol–water partition coefficient (Wildman–Crippen LogP) is 2.69. The van der Waals surface area contributed by atoms with Crippen LogP contribution >= 0.6 is 24.0 Å². The average molecular weight is 460 g/mol. The molecule has 2 saturated heterocycles. The molecule has 0 amide bonds. The summed E-state index contributed by atoms with van der Waals surface area (Å²) in [7, 11) is 0. The minimum absolute atomic E-state index is 0. The van der Waals surface area contributed by atoms with Gasteiger partial charge in [0.25, 0.3) is 0 Å². The quantitative estimate of drug-likeness (QED) is 0.416. The zero-order chi connectivity index (χ0) is 16.6. The molecule has 2 aliphatic rings. The highest BCUT2D eigenvalue weighted by molar-refractivity contribution is 14.0. The van der Waals surface area contributed by atoms with E-state index in [1.165, 1.54) is 12.8 Å². The highest BCUT2D eigenvalue weighted by atomic mass is 127. The fraction of sp³-hybridized carbons (Fsp3) is 0.667. The lowest BCUT2D eigenvalue weighted by Gasteiger charge is -2.24. The molecule has 2 unspecified atom stereocenters. The van der Waals surface area contributed by atoms with Crippen molar-refractivity contribution in [3.8, 4) is 5.88 Å². The summed E-state index contributed by atoms with van der Waals surface area (Å²) in [6.07, 6.45) is 6.73. The number of nitrogens with zero attached hydrogens (tertiary/aromatic N) is 3. The van der Waals surface area contributed by atoms with Gasteiger partial charge in [-0.3, -0.25) is 4.99 Å². The summed E-state index contributed by atoms with van der Waals surface area (Å²) in [5.41, 5.74) is 0. The molecule has 0 aromatic carbocycles. The van der Waals surface area contributed by atoms with Crippen LogP contribution in [0.2, 0.25) is 0 Å². The van der Waals surface area contributed by atoms with E-state index >= 15 is 0 Å². The number of likely N-dealkylation sites (tertiary alicyclic amines) is 1. The summed E-state index contributed by atoms with van der Waals surface area (Å²) in [6.45, 7) is 6.38. The summed E-state index contributed by atoms with van der Waals surface area (Å²) < 4.78 is 11.8. The lowest BCUT2D eigenvalue weighted by atomic mass is 10.1. The van der Waals surface area contributed by atoms with E-state index in [9.17, 15) is 0 Å². The molecule has 1 N–H and O–H groups in total. The van der Waals surface area contributed by atoms with Gasteiger partial charge in [0.1, 0.15) is 6.10 Å². The maximum absolute atomic E-state index is 5.97. The molecule has 2 fully saturated rings. The van der Waals surface area contributed by atoms with Gasteiger partial charge in [0.2, 0.25) is 5.88 Å². The summed E-state index contributed by atoms with van der Waals surface area (Å²) >= 11 is 0. The SMILES string of the molecule is CCNC(=NCC1CCCCO1)N1CCC(Oc2ccccn2)C1.I. The molecular weight excluding hydrogens is 431 g/mol. The van der Waals surface area contributed by atoms with E-state index in [1.54, 1.807) is 6.20 Å². The second kappa shape index (κ2) is 10.8. The molecule has 6 nitrogen and oxygen atoms in total. The first-order valence-corrected chi connectivity index (χ1v) is 9.07. The Morgan fingerprint density at radius 2 is 2.32 bits per heavy atom. The molecule has 2 aliphatic heterocycles. The maximum Gasteiger partial charge on any atom is 0.213 e. The minimum Gasteiger partial charge on any atom is -0.472 e. The van der Waals surface area contributed by atoms with Crippen LogP contribution in [0.3, 0.4) is 0 Å². The van der Waals surface area contributed by atoms with Crippen molar-refractivity contribution in [3.63, 3.8) is 0 Å². The van der Waals surface area contributed by atoms with Crippen molar-refractivity contribution in [2.24, 2.45) is 4.99 Å². The second-order valence-corrected chi connectivity index (χ2v) is 6.33. The number of nitrogens with one attached hydrogen (secondary N) is 1. The van der Waals surface area contributed by atoms with Crippen LogP contribution in [0.5, 0.6) is 5.88 Å². The Hall–Kier alpha value is -1.09. The van der Waals surface area contributed by atoms with Crippen LogP contribution in [0.15, 0.2) is 29.4 Å². The topological polar surface area (TPSA) is 59.0 Å². The van der Waals surface area contributed by atoms with Gasteiger partial charge < -0.3 is 19.7 Å². The van der Waals surface area contributed by atoms with Gasteiger partial charge in [-0.15, -0.1) is 24.0 Å². The highest BCUT2D eigenvalue weighted by Crippen LogP contribution is 2.17. The van der Waals surface area contributed by atoms with Crippen LogP contribution in [-0.4, -0.2) is 60.8 Å². The molecule has 2 atom stereocenters. The van der Waals surface area contributed by atoms with Crippen molar-refractivity contribution in [1.82, 2.24) is 15.2 Å². The van der Waals surface area contributed by atoms with Crippen molar-refractivity contribution >= 4 is 29.9 Å². The van der Waals surface area contributed by atoms with Gasteiger partial charge >= 0.3 is 0 Å². The molecule has 1 aromatic heterocycles. The van der Waals surface area contributed by atoms with Crippen LogP contribution in [0, 0.1) is 0 Å². The first-order chi connectivity index (χ1) is 11.8. The van der Waals surface area contributed by atoms with E-state index in [-0.39, 0.29) is 36.2 Å². The molecule has 3 rings (SSSR count). The second-order valence-electron chi connectivity index (χ2n) is 6.33. The first-order valence-electron chi connectivity index (χ1n) is 9.07. The molecule has 0 saturated carbocycles. The number of halogens is 1. The highest BCUT2D eigenvalue weighted by Gasteiger charge is 2.27. The van der Waals surface area contributed by atoms with Crippen molar-refractivity contribution in [3.05, 3.63) is 24.4 Å². The molecule has 0 radical (unpaired) electrons. The lowest BCUT2D eigenvalue weighted by Crippen LogP contribution is -2.41. The zero-order valence-corrected chi connectivity index (χ0v) is 17.2. The van der Waals surface area contributed by atoms with Gasteiger partial charge in [-0.2, -0.15) is 0 Å². The Bertz CT molecular complexity index is 523. The van der Waals surface area contributed by atoms with E-state index in [0.717, 1.165) is 51.6 Å². The zero-order valence-electron chi connectivity index (χ0n) is 14.9. The minimum atomic E-state index is 0. The van der Waals surface area contributed by atoms with E-state index in [2.05, 4.69) is 22.1 Å². The Morgan fingerprint density at radius 3 is 3.04 bits per heavy atom. The Labute approximate surface area is 167 Å². The number of ether oxygens (including phenoxy) is 2. The van der Waals surface area contributed by atoms with Crippen molar-refractivity contribution in [2.45, 2.75) is 44.8 Å². The molecule has 3 heterocycles. The van der Waals surface area contributed by atoms with Gasteiger partial charge in [0.15, 0.2) is 5.96 Å². The fourth-order valence-electron chi connectivity index (χ4n) is 3.17. The number of aliphatic imine (C=N–C) groups is 1. The number of aromatic nitrogens is 1. The van der Waals surface area contributed by atoms with Gasteiger partial charge in [-0.05, 0) is 32.3 Å². The predicted molar refractivity (Wildman–Crippen MR) is 110 cm³/mol.